The number of amides is 1. The van der Waals surface area contributed by atoms with Gasteiger partial charge in [-0.3, -0.25) is 4.79 Å². The Bertz CT molecular complexity index is 793. The van der Waals surface area contributed by atoms with E-state index in [0.29, 0.717) is 31.7 Å². The Balaban J connectivity index is 1.85. The average molecular weight is 329 g/mol. The van der Waals surface area contributed by atoms with Gasteiger partial charge in [0.05, 0.1) is 7.11 Å². The lowest BCUT2D eigenvalue weighted by Gasteiger charge is -2.29. The third kappa shape index (κ3) is 2.75. The maximum atomic E-state index is 12.7. The molecule has 6 nitrogen and oxygen atoms in total. The van der Waals surface area contributed by atoms with Gasteiger partial charge in [-0.1, -0.05) is 19.1 Å². The second-order valence-corrected chi connectivity index (χ2v) is 5.68. The summed E-state index contributed by atoms with van der Waals surface area (Å²) >= 11 is 0. The minimum Gasteiger partial charge on any atom is -0.496 e. The first kappa shape index (κ1) is 16.1. The molecule has 1 aromatic heterocycles. The van der Waals surface area contributed by atoms with Gasteiger partial charge in [-0.25, -0.2) is 4.79 Å². The van der Waals surface area contributed by atoms with Crippen molar-refractivity contribution in [3.05, 3.63) is 52.5 Å². The highest BCUT2D eigenvalue weighted by Gasteiger charge is 2.27. The van der Waals surface area contributed by atoms with Crippen LogP contribution in [0.3, 0.4) is 0 Å². The van der Waals surface area contributed by atoms with Crippen molar-refractivity contribution < 1.29 is 23.8 Å². The van der Waals surface area contributed by atoms with E-state index in [1.165, 1.54) is 6.07 Å². The molecule has 126 valence electrons. The smallest absolute Gasteiger partial charge is 0.339 e. The van der Waals surface area contributed by atoms with E-state index in [9.17, 15) is 14.7 Å². The first-order valence-electron chi connectivity index (χ1n) is 7.85. The molecule has 0 bridgehead atoms. The topological polar surface area (TPSA) is 80.0 Å². The van der Waals surface area contributed by atoms with Crippen LogP contribution in [-0.4, -0.2) is 35.5 Å². The first-order chi connectivity index (χ1) is 11.5. The first-order valence-corrected chi connectivity index (χ1v) is 7.85. The van der Waals surface area contributed by atoms with Gasteiger partial charge >= 0.3 is 5.97 Å². The normalized spacial score (nSPS) is 13.5. The number of benzene rings is 1. The number of rotatable bonds is 4. The molecule has 2 heterocycles. The Kier molecular flexibility index (Phi) is 4.29. The molecular weight excluding hydrogens is 310 g/mol. The highest BCUT2D eigenvalue weighted by atomic mass is 16.5. The van der Waals surface area contributed by atoms with Crippen LogP contribution in [-0.2, 0) is 19.4 Å². The Morgan fingerprint density at radius 1 is 1.38 bits per heavy atom. The van der Waals surface area contributed by atoms with Crippen LogP contribution in [0.4, 0.5) is 0 Å². The third-order valence-corrected chi connectivity index (χ3v) is 4.30. The Morgan fingerprint density at radius 2 is 2.17 bits per heavy atom. The summed E-state index contributed by atoms with van der Waals surface area (Å²) in [6.07, 6.45) is 1.12. The second kappa shape index (κ2) is 6.39. The molecule has 0 spiro atoms. The molecule has 1 amide bonds. The molecule has 1 aliphatic heterocycles. The summed E-state index contributed by atoms with van der Waals surface area (Å²) in [5.41, 5.74) is 2.21. The Hall–Kier alpha value is -2.76. The number of ether oxygens (including phenoxy) is 1. The molecule has 2 aromatic rings. The van der Waals surface area contributed by atoms with E-state index in [1.807, 2.05) is 18.2 Å². The zero-order chi connectivity index (χ0) is 17.3. The van der Waals surface area contributed by atoms with Crippen LogP contribution < -0.4 is 4.74 Å². The fourth-order valence-corrected chi connectivity index (χ4v) is 3.07. The number of carbonyl (C=O) groups is 2. The monoisotopic (exact) mass is 329 g/mol. The Morgan fingerprint density at radius 3 is 2.79 bits per heavy atom. The molecule has 24 heavy (non-hydrogen) atoms. The number of carboxylic acid groups (broad SMARTS) is 1. The summed E-state index contributed by atoms with van der Waals surface area (Å²) in [6.45, 7) is 2.79. The van der Waals surface area contributed by atoms with Gasteiger partial charge in [-0.15, -0.1) is 0 Å². The number of aromatic carboxylic acids is 1. The van der Waals surface area contributed by atoms with Crippen molar-refractivity contribution in [2.75, 3.05) is 13.7 Å². The van der Waals surface area contributed by atoms with Gasteiger partial charge in [-0.2, -0.15) is 0 Å². The molecule has 0 saturated heterocycles. The van der Waals surface area contributed by atoms with Crippen LogP contribution in [0, 0.1) is 0 Å². The number of furan rings is 1. The van der Waals surface area contributed by atoms with E-state index in [0.717, 1.165) is 16.9 Å². The molecule has 0 fully saturated rings. The molecule has 6 heteroatoms. The highest BCUT2D eigenvalue weighted by molar-refractivity contribution is 5.96. The molecule has 1 N–H and O–H groups in total. The van der Waals surface area contributed by atoms with E-state index >= 15 is 0 Å². The average Bonchev–Trinajstić information content (AvgIpc) is 3.04. The van der Waals surface area contributed by atoms with Crippen molar-refractivity contribution >= 4 is 11.9 Å². The number of hydrogen-bond donors (Lipinski definition) is 1. The molecule has 0 atom stereocenters. The second-order valence-electron chi connectivity index (χ2n) is 5.68. The van der Waals surface area contributed by atoms with Crippen molar-refractivity contribution in [3.63, 3.8) is 0 Å². The van der Waals surface area contributed by atoms with Gasteiger partial charge in [0, 0.05) is 31.1 Å². The fraction of sp³-hybridized carbons (Fsp3) is 0.333. The van der Waals surface area contributed by atoms with Crippen LogP contribution in [0.2, 0.25) is 0 Å². The van der Waals surface area contributed by atoms with Crippen LogP contribution in [0.15, 0.2) is 28.7 Å². The van der Waals surface area contributed by atoms with Gasteiger partial charge in [0.2, 0.25) is 0 Å². The lowest BCUT2D eigenvalue weighted by molar-refractivity contribution is 0.0686. The van der Waals surface area contributed by atoms with Crippen LogP contribution in [0.5, 0.6) is 5.75 Å². The number of carbonyl (C=O) groups excluding carboxylic acids is 1. The van der Waals surface area contributed by atoms with E-state index in [4.69, 9.17) is 9.15 Å². The van der Waals surface area contributed by atoms with E-state index in [-0.39, 0.29) is 17.2 Å². The molecule has 1 aromatic carbocycles. The number of fused-ring (bicyclic) bond motifs is 1. The Labute approximate surface area is 139 Å². The van der Waals surface area contributed by atoms with Crippen molar-refractivity contribution in [1.82, 2.24) is 4.90 Å². The fourth-order valence-electron chi connectivity index (χ4n) is 3.07. The van der Waals surface area contributed by atoms with Crippen LogP contribution in [0.1, 0.15) is 44.7 Å². The third-order valence-electron chi connectivity index (χ3n) is 4.30. The highest BCUT2D eigenvalue weighted by Crippen LogP contribution is 2.29. The molecule has 0 aliphatic carbocycles. The lowest BCUT2D eigenvalue weighted by atomic mass is 9.98. The summed E-state index contributed by atoms with van der Waals surface area (Å²) in [5, 5.41) is 9.19. The SMILES string of the molecule is CCc1oc(C(=O)N2CCc3c(cccc3OC)C2)cc1C(=O)O. The lowest BCUT2D eigenvalue weighted by Crippen LogP contribution is -2.35. The predicted molar refractivity (Wildman–Crippen MR) is 86.5 cm³/mol. The van der Waals surface area contributed by atoms with Crippen molar-refractivity contribution in [1.29, 1.82) is 0 Å². The van der Waals surface area contributed by atoms with Crippen LogP contribution >= 0.6 is 0 Å². The van der Waals surface area contributed by atoms with E-state index in [1.54, 1.807) is 18.9 Å². The van der Waals surface area contributed by atoms with E-state index < -0.39 is 5.97 Å². The standard InChI is InChI=1S/C18H19NO5/c1-3-14-13(18(21)22)9-16(24-14)17(20)19-8-7-12-11(10-19)5-4-6-15(12)23-2/h4-6,9H,3,7-8,10H2,1-2H3,(H,21,22). The van der Waals surface area contributed by atoms with Crippen molar-refractivity contribution in [2.24, 2.45) is 0 Å². The largest absolute Gasteiger partial charge is 0.496 e. The predicted octanol–water partition coefficient (Wildman–Crippen LogP) is 2.75. The van der Waals surface area contributed by atoms with Gasteiger partial charge < -0.3 is 19.2 Å². The summed E-state index contributed by atoms with van der Waals surface area (Å²) in [7, 11) is 1.63. The summed E-state index contributed by atoms with van der Waals surface area (Å²) < 4.78 is 10.8. The summed E-state index contributed by atoms with van der Waals surface area (Å²) in [4.78, 5) is 25.6. The zero-order valence-corrected chi connectivity index (χ0v) is 13.7. The minimum atomic E-state index is -1.08. The van der Waals surface area contributed by atoms with Crippen molar-refractivity contribution in [2.45, 2.75) is 26.3 Å². The summed E-state index contributed by atoms with van der Waals surface area (Å²) in [5.74, 6) is -0.131. The molecule has 0 radical (unpaired) electrons. The van der Waals surface area contributed by atoms with Gasteiger partial charge in [0.15, 0.2) is 5.76 Å². The number of nitrogens with zero attached hydrogens (tertiary/aromatic N) is 1. The van der Waals surface area contributed by atoms with E-state index in [2.05, 4.69) is 0 Å². The number of aryl methyl sites for hydroxylation is 1. The van der Waals surface area contributed by atoms with Gasteiger partial charge in [0.25, 0.3) is 5.91 Å². The molecule has 3 rings (SSSR count). The van der Waals surface area contributed by atoms with Gasteiger partial charge in [0.1, 0.15) is 17.1 Å². The maximum absolute atomic E-state index is 12.7. The molecule has 0 unspecified atom stereocenters. The van der Waals surface area contributed by atoms with Crippen LogP contribution in [0.25, 0.3) is 0 Å². The maximum Gasteiger partial charge on any atom is 0.339 e. The molecule has 1 aliphatic rings. The van der Waals surface area contributed by atoms with Gasteiger partial charge in [-0.05, 0) is 18.1 Å². The number of carboxylic acids is 1. The minimum absolute atomic E-state index is 0.0555. The van der Waals surface area contributed by atoms with Crippen molar-refractivity contribution in [3.8, 4) is 5.75 Å². The molecular formula is C18H19NO5. The quantitative estimate of drug-likeness (QED) is 0.933. The number of hydrogen-bond acceptors (Lipinski definition) is 4. The summed E-state index contributed by atoms with van der Waals surface area (Å²) in [6, 6.07) is 7.11. The number of methoxy groups -OCH3 is 1. The zero-order valence-electron chi connectivity index (χ0n) is 13.7. The molecule has 0 saturated carbocycles.